The van der Waals surface area contributed by atoms with Gasteiger partial charge in [-0.2, -0.15) is 13.2 Å². The van der Waals surface area contributed by atoms with Crippen molar-refractivity contribution in [3.05, 3.63) is 101 Å². The molecule has 4 atom stereocenters. The van der Waals surface area contributed by atoms with Crippen molar-refractivity contribution in [2.24, 2.45) is 5.92 Å². The quantitative estimate of drug-likeness (QED) is 0.493. The molecule has 3 heterocycles. The molecule has 3 aliphatic heterocycles. The van der Waals surface area contributed by atoms with Crippen LogP contribution in [0.5, 0.6) is 5.75 Å². The van der Waals surface area contributed by atoms with E-state index in [1.54, 1.807) is 7.11 Å². The van der Waals surface area contributed by atoms with E-state index in [1.807, 2.05) is 78.9 Å². The number of fused-ring (bicyclic) bond motifs is 2. The molecule has 0 aliphatic carbocycles. The van der Waals surface area contributed by atoms with Gasteiger partial charge in [0.05, 0.1) is 7.11 Å². The summed E-state index contributed by atoms with van der Waals surface area (Å²) in [5, 5.41) is 0. The lowest BCUT2D eigenvalue weighted by atomic mass is 9.82. The van der Waals surface area contributed by atoms with Crippen LogP contribution in [-0.4, -0.2) is 24.3 Å². The maximum absolute atomic E-state index is 14.3. The summed E-state index contributed by atoms with van der Waals surface area (Å²) in [4.78, 5) is 2.07. The minimum atomic E-state index is -4.47. The molecule has 2 bridgehead atoms. The summed E-state index contributed by atoms with van der Waals surface area (Å²) in [5.41, 5.74) is 3.43. The molecule has 0 radical (unpaired) electrons. The molecule has 166 valence electrons. The first-order valence-corrected chi connectivity index (χ1v) is 10.7. The Labute approximate surface area is 185 Å². The van der Waals surface area contributed by atoms with E-state index in [2.05, 4.69) is 4.90 Å². The first kappa shape index (κ1) is 21.0. The second-order valence-corrected chi connectivity index (χ2v) is 8.36. The monoisotopic (exact) mass is 439 g/mol. The molecule has 3 nitrogen and oxygen atoms in total. The summed E-state index contributed by atoms with van der Waals surface area (Å²) in [6, 6.07) is 24.3. The highest BCUT2D eigenvalue weighted by atomic mass is 19.4. The lowest BCUT2D eigenvalue weighted by Gasteiger charge is -2.48. The van der Waals surface area contributed by atoms with Gasteiger partial charge in [-0.05, 0) is 23.6 Å². The van der Waals surface area contributed by atoms with Crippen LogP contribution < -0.4 is 4.74 Å². The van der Waals surface area contributed by atoms with Crippen LogP contribution in [0.4, 0.5) is 13.2 Å². The minimum Gasteiger partial charge on any atom is -0.496 e. The van der Waals surface area contributed by atoms with E-state index in [1.165, 1.54) is 0 Å². The highest BCUT2D eigenvalue weighted by molar-refractivity contribution is 5.44. The molecule has 32 heavy (non-hydrogen) atoms. The molecule has 1 saturated heterocycles. The SMILES string of the molecule is COc1cccc2c1C[C@H]1[C@H](C(F)(F)F)O[C@@H]2N(Cc2ccccc2)[C@H]1c1ccccc1. The molecule has 0 saturated carbocycles. The largest absolute Gasteiger partial charge is 0.496 e. The van der Waals surface area contributed by atoms with E-state index in [4.69, 9.17) is 9.47 Å². The molecule has 6 heteroatoms. The Bertz CT molecular complexity index is 1070. The van der Waals surface area contributed by atoms with Gasteiger partial charge in [-0.25, -0.2) is 0 Å². The lowest BCUT2D eigenvalue weighted by molar-refractivity contribution is -0.302. The van der Waals surface area contributed by atoms with Crippen molar-refractivity contribution in [1.82, 2.24) is 4.90 Å². The first-order chi connectivity index (χ1) is 15.5. The predicted octanol–water partition coefficient (Wildman–Crippen LogP) is 6.07. The van der Waals surface area contributed by atoms with Gasteiger partial charge in [-0.3, -0.25) is 4.90 Å². The smallest absolute Gasteiger partial charge is 0.415 e. The van der Waals surface area contributed by atoms with Crippen molar-refractivity contribution in [2.75, 3.05) is 7.11 Å². The van der Waals surface area contributed by atoms with Gasteiger partial charge in [0.1, 0.15) is 12.0 Å². The van der Waals surface area contributed by atoms with Crippen molar-refractivity contribution < 1.29 is 22.6 Å². The number of halogens is 3. The van der Waals surface area contributed by atoms with Gasteiger partial charge >= 0.3 is 6.18 Å². The van der Waals surface area contributed by atoms with Crippen LogP contribution in [-0.2, 0) is 17.7 Å². The third-order valence-corrected chi connectivity index (χ3v) is 6.50. The normalized spacial score (nSPS) is 25.2. The van der Waals surface area contributed by atoms with Crippen LogP contribution in [0.15, 0.2) is 78.9 Å². The summed E-state index contributed by atoms with van der Waals surface area (Å²) >= 11 is 0. The zero-order valence-electron chi connectivity index (χ0n) is 17.6. The average molecular weight is 439 g/mol. The van der Waals surface area contributed by atoms with Gasteiger partial charge < -0.3 is 9.47 Å². The second kappa shape index (κ2) is 8.26. The Morgan fingerprint density at radius 1 is 0.938 bits per heavy atom. The molecular formula is C26H24F3NO2. The summed E-state index contributed by atoms with van der Waals surface area (Å²) in [6.45, 7) is 0.475. The van der Waals surface area contributed by atoms with E-state index in [0.29, 0.717) is 12.3 Å². The highest BCUT2D eigenvalue weighted by Gasteiger charge is 2.57. The van der Waals surface area contributed by atoms with E-state index in [9.17, 15) is 13.2 Å². The van der Waals surface area contributed by atoms with Crippen LogP contribution in [0.2, 0.25) is 0 Å². The maximum atomic E-state index is 14.3. The second-order valence-electron chi connectivity index (χ2n) is 8.36. The number of alkyl halides is 3. The molecular weight excluding hydrogens is 415 g/mol. The fraction of sp³-hybridized carbons (Fsp3) is 0.308. The van der Waals surface area contributed by atoms with E-state index in [-0.39, 0.29) is 6.42 Å². The number of rotatable bonds is 4. The van der Waals surface area contributed by atoms with Crippen LogP contribution in [0, 0.1) is 5.92 Å². The van der Waals surface area contributed by atoms with Gasteiger partial charge in [0.15, 0.2) is 6.10 Å². The summed E-state index contributed by atoms with van der Waals surface area (Å²) in [7, 11) is 1.56. The maximum Gasteiger partial charge on any atom is 0.415 e. The zero-order valence-corrected chi connectivity index (χ0v) is 17.6. The lowest BCUT2D eigenvalue weighted by Crippen LogP contribution is -2.52. The first-order valence-electron chi connectivity index (χ1n) is 10.7. The highest BCUT2D eigenvalue weighted by Crippen LogP contribution is 2.54. The third-order valence-electron chi connectivity index (χ3n) is 6.50. The third kappa shape index (κ3) is 3.67. The van der Waals surface area contributed by atoms with Crippen LogP contribution in [0.3, 0.4) is 0 Å². The number of hydrogen-bond donors (Lipinski definition) is 0. The molecule has 3 aromatic carbocycles. The Morgan fingerprint density at radius 3 is 2.28 bits per heavy atom. The van der Waals surface area contributed by atoms with Gasteiger partial charge in [0, 0.05) is 29.6 Å². The minimum absolute atomic E-state index is 0.227. The summed E-state index contributed by atoms with van der Waals surface area (Å²) < 4.78 is 54.2. The van der Waals surface area contributed by atoms with Gasteiger partial charge in [-0.15, -0.1) is 0 Å². The molecule has 3 aliphatic rings. The topological polar surface area (TPSA) is 21.7 Å². The van der Waals surface area contributed by atoms with Gasteiger partial charge in [0.2, 0.25) is 0 Å². The van der Waals surface area contributed by atoms with Crippen molar-refractivity contribution >= 4 is 0 Å². The van der Waals surface area contributed by atoms with Crippen molar-refractivity contribution in [1.29, 1.82) is 0 Å². The van der Waals surface area contributed by atoms with E-state index in [0.717, 1.165) is 22.3 Å². The number of nitrogens with zero attached hydrogens (tertiary/aromatic N) is 1. The van der Waals surface area contributed by atoms with Crippen molar-refractivity contribution in [3.63, 3.8) is 0 Å². The molecule has 0 aromatic heterocycles. The van der Waals surface area contributed by atoms with E-state index < -0.39 is 30.5 Å². The van der Waals surface area contributed by atoms with E-state index >= 15 is 0 Å². The number of hydrogen-bond acceptors (Lipinski definition) is 3. The Morgan fingerprint density at radius 2 is 1.62 bits per heavy atom. The molecule has 6 rings (SSSR count). The Balaban J connectivity index is 1.70. The fourth-order valence-corrected chi connectivity index (χ4v) is 5.19. The number of methoxy groups -OCH3 is 1. The zero-order chi connectivity index (χ0) is 22.3. The van der Waals surface area contributed by atoms with Crippen molar-refractivity contribution in [2.45, 2.75) is 37.5 Å². The fourth-order valence-electron chi connectivity index (χ4n) is 5.19. The predicted molar refractivity (Wildman–Crippen MR) is 115 cm³/mol. The number of benzene rings is 3. The van der Waals surface area contributed by atoms with Crippen LogP contribution in [0.25, 0.3) is 0 Å². The van der Waals surface area contributed by atoms with Crippen LogP contribution in [0.1, 0.15) is 34.5 Å². The number of ether oxygens (including phenoxy) is 2. The summed E-state index contributed by atoms with van der Waals surface area (Å²) in [5.74, 6) is -0.202. The van der Waals surface area contributed by atoms with Gasteiger partial charge in [-0.1, -0.05) is 72.8 Å². The van der Waals surface area contributed by atoms with Gasteiger partial charge in [0.25, 0.3) is 0 Å². The molecule has 0 spiro atoms. The molecule has 1 fully saturated rings. The molecule has 3 aromatic rings. The summed E-state index contributed by atoms with van der Waals surface area (Å²) in [6.07, 6.45) is -6.94. The Kier molecular flexibility index (Phi) is 5.43. The van der Waals surface area contributed by atoms with Crippen molar-refractivity contribution in [3.8, 4) is 5.75 Å². The molecule has 0 N–H and O–H groups in total. The standard InChI is InChI=1S/C26H24F3NO2/c1-31-22-14-8-13-19-20(22)15-21-23(18-11-6-3-7-12-18)30(16-17-9-4-2-5-10-17)25(19)32-24(21)26(27,28)29/h2-14,21,23-25H,15-16H2,1H3/t21-,23+,24-,25+/m1/s1. The van der Waals surface area contributed by atoms with Crippen LogP contribution >= 0.6 is 0 Å². The molecule has 0 amide bonds. The average Bonchev–Trinajstić information content (AvgIpc) is 3.05. The Hall–Kier alpha value is -2.83. The molecule has 0 unspecified atom stereocenters.